The van der Waals surface area contributed by atoms with Crippen molar-refractivity contribution in [1.29, 1.82) is 0 Å². The predicted octanol–water partition coefficient (Wildman–Crippen LogP) is 3.03. The highest BCUT2D eigenvalue weighted by Crippen LogP contribution is 2.14. The van der Waals surface area contributed by atoms with Gasteiger partial charge in [0, 0.05) is 24.7 Å². The Hall–Kier alpha value is -1.40. The van der Waals surface area contributed by atoms with Crippen LogP contribution in [-0.2, 0) is 10.0 Å². The number of amides is 1. The van der Waals surface area contributed by atoms with E-state index in [0.717, 1.165) is 19.3 Å². The zero-order valence-corrected chi connectivity index (χ0v) is 15.3. The van der Waals surface area contributed by atoms with Crippen LogP contribution in [0.25, 0.3) is 0 Å². The van der Waals surface area contributed by atoms with E-state index in [1.54, 1.807) is 17.0 Å². The highest BCUT2D eigenvalue weighted by atomic mass is 32.2. The van der Waals surface area contributed by atoms with Crippen LogP contribution in [-0.4, -0.2) is 38.4 Å². The van der Waals surface area contributed by atoms with Crippen molar-refractivity contribution in [3.8, 4) is 0 Å². The van der Waals surface area contributed by atoms with Gasteiger partial charge in [0.25, 0.3) is 5.91 Å². The minimum atomic E-state index is -3.53. The van der Waals surface area contributed by atoms with Crippen LogP contribution in [0.5, 0.6) is 0 Å². The lowest BCUT2D eigenvalue weighted by atomic mass is 10.2. The molecule has 0 saturated heterocycles. The first-order valence-electron chi connectivity index (χ1n) is 8.27. The molecule has 130 valence electrons. The van der Waals surface area contributed by atoms with E-state index in [4.69, 9.17) is 0 Å². The Bertz CT molecular complexity index is 591. The molecule has 5 nitrogen and oxygen atoms in total. The van der Waals surface area contributed by atoms with Gasteiger partial charge in [0.1, 0.15) is 0 Å². The average molecular weight is 340 g/mol. The smallest absolute Gasteiger partial charge is 0.253 e. The van der Waals surface area contributed by atoms with Crippen molar-refractivity contribution < 1.29 is 13.2 Å². The summed E-state index contributed by atoms with van der Waals surface area (Å²) in [6.07, 6.45) is 2.52. The average Bonchev–Trinajstić information content (AvgIpc) is 2.53. The first-order chi connectivity index (χ1) is 10.9. The second-order valence-corrected chi connectivity index (χ2v) is 7.46. The number of rotatable bonds is 9. The fraction of sp³-hybridized carbons (Fsp3) is 0.588. The van der Waals surface area contributed by atoms with Gasteiger partial charge >= 0.3 is 0 Å². The van der Waals surface area contributed by atoms with E-state index in [1.807, 2.05) is 27.7 Å². The van der Waals surface area contributed by atoms with Crippen LogP contribution < -0.4 is 4.72 Å². The second kappa shape index (κ2) is 9.03. The van der Waals surface area contributed by atoms with E-state index in [9.17, 15) is 13.2 Å². The molecular weight excluding hydrogens is 312 g/mol. The number of carbonyl (C=O) groups excluding carboxylic acids is 1. The van der Waals surface area contributed by atoms with E-state index in [2.05, 4.69) is 4.72 Å². The molecule has 0 aliphatic rings. The summed E-state index contributed by atoms with van der Waals surface area (Å²) < 4.78 is 27.0. The van der Waals surface area contributed by atoms with Gasteiger partial charge in [-0.3, -0.25) is 4.79 Å². The summed E-state index contributed by atoms with van der Waals surface area (Å²) in [5.74, 6) is -0.0486. The van der Waals surface area contributed by atoms with Crippen molar-refractivity contribution in [3.63, 3.8) is 0 Å². The van der Waals surface area contributed by atoms with Gasteiger partial charge < -0.3 is 4.90 Å². The van der Waals surface area contributed by atoms with Crippen molar-refractivity contribution in [2.75, 3.05) is 13.1 Å². The molecular formula is C17H28N2O3S. The molecule has 0 fully saturated rings. The van der Waals surface area contributed by atoms with Gasteiger partial charge in [0.2, 0.25) is 10.0 Å². The van der Waals surface area contributed by atoms with Crippen LogP contribution >= 0.6 is 0 Å². The highest BCUT2D eigenvalue weighted by molar-refractivity contribution is 7.89. The lowest BCUT2D eigenvalue weighted by Gasteiger charge is -2.21. The van der Waals surface area contributed by atoms with Gasteiger partial charge in [-0.1, -0.05) is 20.8 Å². The maximum atomic E-state index is 12.5. The number of sulfonamides is 1. The van der Waals surface area contributed by atoms with E-state index in [1.165, 1.54) is 12.1 Å². The van der Waals surface area contributed by atoms with Crippen molar-refractivity contribution >= 4 is 15.9 Å². The predicted molar refractivity (Wildman–Crippen MR) is 93.0 cm³/mol. The second-order valence-electron chi connectivity index (χ2n) is 5.75. The molecule has 0 bridgehead atoms. The summed E-state index contributed by atoms with van der Waals surface area (Å²) in [4.78, 5) is 14.5. The standard InChI is InChI=1S/C17H28N2O3S/c1-5-12-19(13-6-2)17(20)15-8-10-16(11-9-15)23(21,22)18-14(4)7-3/h8-11,14,18H,5-7,12-13H2,1-4H3. The minimum Gasteiger partial charge on any atom is -0.339 e. The number of nitrogens with one attached hydrogen (secondary N) is 1. The van der Waals surface area contributed by atoms with Crippen molar-refractivity contribution in [3.05, 3.63) is 29.8 Å². The van der Waals surface area contributed by atoms with Gasteiger partial charge in [0.15, 0.2) is 0 Å². The van der Waals surface area contributed by atoms with E-state index in [0.29, 0.717) is 18.7 Å². The summed E-state index contributed by atoms with van der Waals surface area (Å²) in [7, 11) is -3.53. The summed E-state index contributed by atoms with van der Waals surface area (Å²) in [6.45, 7) is 9.23. The van der Waals surface area contributed by atoms with Crippen LogP contribution in [0.15, 0.2) is 29.2 Å². The Morgan fingerprint density at radius 2 is 1.61 bits per heavy atom. The molecule has 23 heavy (non-hydrogen) atoms. The van der Waals surface area contributed by atoms with Crippen molar-refractivity contribution in [2.24, 2.45) is 0 Å². The van der Waals surface area contributed by atoms with Crippen LogP contribution in [0.4, 0.5) is 0 Å². The van der Waals surface area contributed by atoms with Crippen LogP contribution in [0, 0.1) is 0 Å². The molecule has 0 heterocycles. The van der Waals surface area contributed by atoms with E-state index < -0.39 is 10.0 Å². The Kier molecular flexibility index (Phi) is 7.72. The summed E-state index contributed by atoms with van der Waals surface area (Å²) in [6, 6.07) is 6.05. The number of hydrogen-bond acceptors (Lipinski definition) is 3. The molecule has 0 aliphatic carbocycles. The lowest BCUT2D eigenvalue weighted by Crippen LogP contribution is -2.33. The molecule has 1 unspecified atom stereocenters. The number of hydrogen-bond donors (Lipinski definition) is 1. The van der Waals surface area contributed by atoms with Crippen molar-refractivity contribution in [2.45, 2.75) is 57.9 Å². The molecule has 1 aromatic carbocycles. The molecule has 1 N–H and O–H groups in total. The first kappa shape index (κ1) is 19.6. The largest absolute Gasteiger partial charge is 0.339 e. The van der Waals surface area contributed by atoms with Gasteiger partial charge in [-0.2, -0.15) is 0 Å². The molecule has 0 spiro atoms. The monoisotopic (exact) mass is 340 g/mol. The Balaban J connectivity index is 2.93. The summed E-state index contributed by atoms with van der Waals surface area (Å²) in [5, 5.41) is 0. The normalized spacial score (nSPS) is 12.9. The molecule has 1 amide bonds. The maximum Gasteiger partial charge on any atom is 0.253 e. The van der Waals surface area contributed by atoms with Crippen LogP contribution in [0.2, 0.25) is 0 Å². The molecule has 0 aliphatic heterocycles. The van der Waals surface area contributed by atoms with Gasteiger partial charge in [-0.25, -0.2) is 13.1 Å². The third-order valence-electron chi connectivity index (χ3n) is 3.65. The molecule has 0 aromatic heterocycles. The van der Waals surface area contributed by atoms with E-state index >= 15 is 0 Å². The molecule has 0 saturated carbocycles. The van der Waals surface area contributed by atoms with E-state index in [-0.39, 0.29) is 16.8 Å². The third kappa shape index (κ3) is 5.62. The minimum absolute atomic E-state index is 0.0486. The molecule has 1 rings (SSSR count). The van der Waals surface area contributed by atoms with Crippen LogP contribution in [0.3, 0.4) is 0 Å². The van der Waals surface area contributed by atoms with Gasteiger partial charge in [0.05, 0.1) is 4.90 Å². The molecule has 6 heteroatoms. The zero-order valence-electron chi connectivity index (χ0n) is 14.5. The van der Waals surface area contributed by atoms with Crippen molar-refractivity contribution in [1.82, 2.24) is 9.62 Å². The lowest BCUT2D eigenvalue weighted by molar-refractivity contribution is 0.0755. The Morgan fingerprint density at radius 1 is 1.09 bits per heavy atom. The summed E-state index contributed by atoms with van der Waals surface area (Å²) in [5.41, 5.74) is 0.523. The summed E-state index contributed by atoms with van der Waals surface area (Å²) >= 11 is 0. The van der Waals surface area contributed by atoms with Gasteiger partial charge in [-0.15, -0.1) is 0 Å². The Labute approximate surface area is 140 Å². The van der Waals surface area contributed by atoms with Gasteiger partial charge in [-0.05, 0) is 50.5 Å². The quantitative estimate of drug-likeness (QED) is 0.751. The third-order valence-corrected chi connectivity index (χ3v) is 5.26. The fourth-order valence-corrected chi connectivity index (χ4v) is 3.56. The fourth-order valence-electron chi connectivity index (χ4n) is 2.23. The molecule has 1 aromatic rings. The highest BCUT2D eigenvalue weighted by Gasteiger charge is 2.18. The maximum absolute atomic E-state index is 12.5. The zero-order chi connectivity index (χ0) is 17.5. The molecule has 1 atom stereocenters. The van der Waals surface area contributed by atoms with Crippen LogP contribution in [0.1, 0.15) is 57.3 Å². The SMILES string of the molecule is CCCN(CCC)C(=O)c1ccc(S(=O)(=O)NC(C)CC)cc1. The topological polar surface area (TPSA) is 66.5 Å². The number of carbonyl (C=O) groups is 1. The Morgan fingerprint density at radius 3 is 2.04 bits per heavy atom. The first-order valence-corrected chi connectivity index (χ1v) is 9.75. The number of nitrogens with zero attached hydrogens (tertiary/aromatic N) is 1. The number of benzene rings is 1. The molecule has 0 radical (unpaired) electrons.